The minimum Gasteiger partial charge on any atom is -0.497 e. The van der Waals surface area contributed by atoms with E-state index in [-0.39, 0.29) is 0 Å². The van der Waals surface area contributed by atoms with Crippen LogP contribution in [-0.2, 0) is 6.54 Å². The minimum absolute atomic E-state index is 0.574. The number of hydrogen-bond donors (Lipinski definition) is 0. The van der Waals surface area contributed by atoms with Gasteiger partial charge in [-0.25, -0.2) is 0 Å². The van der Waals surface area contributed by atoms with Gasteiger partial charge in [0.15, 0.2) is 0 Å². The summed E-state index contributed by atoms with van der Waals surface area (Å²) in [6, 6.07) is 7.97. The van der Waals surface area contributed by atoms with Crippen molar-refractivity contribution in [3.05, 3.63) is 35.1 Å². The lowest BCUT2D eigenvalue weighted by molar-refractivity contribution is 0.404. The second kappa shape index (κ2) is 5.23. The van der Waals surface area contributed by atoms with Crippen molar-refractivity contribution in [2.45, 2.75) is 13.5 Å². The molecule has 0 radical (unpaired) electrons. The van der Waals surface area contributed by atoms with Crippen LogP contribution in [0.25, 0.3) is 0 Å². The fourth-order valence-corrected chi connectivity index (χ4v) is 1.82. The van der Waals surface area contributed by atoms with Gasteiger partial charge in [-0.1, -0.05) is 0 Å². The first kappa shape index (κ1) is 12.0. The molecule has 1 aromatic heterocycles. The van der Waals surface area contributed by atoms with Gasteiger partial charge < -0.3 is 9.47 Å². The number of hydrogen-bond acceptors (Lipinski definition) is 3. The smallest absolute Gasteiger partial charge is 0.302 e. The van der Waals surface area contributed by atoms with Gasteiger partial charge in [0.05, 0.1) is 7.11 Å². The largest absolute Gasteiger partial charge is 0.497 e. The number of ether oxygens (including phenoxy) is 2. The lowest BCUT2D eigenvalue weighted by Gasteiger charge is -2.06. The van der Waals surface area contributed by atoms with E-state index >= 15 is 0 Å². The van der Waals surface area contributed by atoms with E-state index < -0.39 is 0 Å². The van der Waals surface area contributed by atoms with Crippen LogP contribution in [0.3, 0.4) is 0 Å². The topological polar surface area (TPSA) is 36.3 Å². The average Bonchev–Trinajstić information content (AvgIpc) is 2.70. The maximum absolute atomic E-state index is 5.69. The van der Waals surface area contributed by atoms with E-state index in [1.165, 1.54) is 0 Å². The van der Waals surface area contributed by atoms with Gasteiger partial charge in [0.25, 0.3) is 0 Å². The molecule has 0 fully saturated rings. The molecule has 0 aliphatic carbocycles. The molecule has 2 aromatic rings. The minimum atomic E-state index is 0.574. The molecule has 0 unspecified atom stereocenters. The molecule has 4 nitrogen and oxygen atoms in total. The zero-order chi connectivity index (χ0) is 12.3. The summed E-state index contributed by atoms with van der Waals surface area (Å²) in [7, 11) is 1.64. The number of aryl methyl sites for hydroxylation is 1. The highest BCUT2D eigenvalue weighted by molar-refractivity contribution is 9.10. The third kappa shape index (κ3) is 2.79. The molecule has 0 atom stereocenters. The second-order valence-corrected chi connectivity index (χ2v) is 4.22. The predicted molar refractivity (Wildman–Crippen MR) is 68.7 cm³/mol. The molecule has 0 amide bonds. The molecule has 0 spiro atoms. The molecule has 0 bridgehead atoms. The molecule has 2 rings (SSSR count). The molecule has 0 aliphatic rings. The van der Waals surface area contributed by atoms with Crippen molar-refractivity contribution in [1.29, 1.82) is 0 Å². The summed E-state index contributed by atoms with van der Waals surface area (Å²) in [6.07, 6.45) is 1.89. The van der Waals surface area contributed by atoms with Crippen molar-refractivity contribution >= 4 is 15.9 Å². The van der Waals surface area contributed by atoms with Crippen molar-refractivity contribution < 1.29 is 9.47 Å². The average molecular weight is 297 g/mol. The quantitative estimate of drug-likeness (QED) is 0.867. The Bertz CT molecular complexity index is 494. The van der Waals surface area contributed by atoms with Gasteiger partial charge >= 0.3 is 6.01 Å². The lowest BCUT2D eigenvalue weighted by atomic mass is 10.3. The molecule has 0 aliphatic heterocycles. The van der Waals surface area contributed by atoms with E-state index in [9.17, 15) is 0 Å². The molecular formula is C12H13BrN2O2. The summed E-state index contributed by atoms with van der Waals surface area (Å²) in [5.74, 6) is 1.54. The number of halogens is 1. The highest BCUT2D eigenvalue weighted by Crippen LogP contribution is 2.24. The van der Waals surface area contributed by atoms with Crippen LogP contribution in [0.15, 0.2) is 35.1 Å². The Balaban J connectivity index is 2.18. The first-order chi connectivity index (χ1) is 8.22. The standard InChI is InChI=1S/C12H13BrN2O2/c1-3-15-8-11(13)14-12(15)17-10-6-4-9(16-2)5-7-10/h4-8H,3H2,1-2H3. The summed E-state index contributed by atoms with van der Waals surface area (Å²) in [5.41, 5.74) is 0. The zero-order valence-electron chi connectivity index (χ0n) is 9.68. The van der Waals surface area contributed by atoms with Crippen LogP contribution in [0.1, 0.15) is 6.92 Å². The van der Waals surface area contributed by atoms with E-state index in [1.807, 2.05) is 42.0 Å². The maximum atomic E-state index is 5.69. The number of rotatable bonds is 4. The van der Waals surface area contributed by atoms with Gasteiger partial charge in [0.1, 0.15) is 16.1 Å². The molecule has 0 saturated heterocycles. The van der Waals surface area contributed by atoms with Crippen LogP contribution in [0.4, 0.5) is 0 Å². The van der Waals surface area contributed by atoms with E-state index in [2.05, 4.69) is 20.9 Å². The molecule has 5 heteroatoms. The first-order valence-corrected chi connectivity index (χ1v) is 6.06. The van der Waals surface area contributed by atoms with Crippen molar-refractivity contribution in [2.24, 2.45) is 0 Å². The van der Waals surface area contributed by atoms with Crippen molar-refractivity contribution in [1.82, 2.24) is 9.55 Å². The normalized spacial score (nSPS) is 10.3. The van der Waals surface area contributed by atoms with Crippen LogP contribution >= 0.6 is 15.9 Å². The Labute approximate surface area is 108 Å². The molecular weight excluding hydrogens is 284 g/mol. The van der Waals surface area contributed by atoms with Gasteiger partial charge in [-0.15, -0.1) is 0 Å². The van der Waals surface area contributed by atoms with Gasteiger partial charge in [-0.3, -0.25) is 4.57 Å². The van der Waals surface area contributed by atoms with Gasteiger partial charge in [0.2, 0.25) is 0 Å². The van der Waals surface area contributed by atoms with Gasteiger partial charge in [-0.2, -0.15) is 4.98 Å². The van der Waals surface area contributed by atoms with E-state index in [4.69, 9.17) is 9.47 Å². The number of aromatic nitrogens is 2. The Morgan fingerprint density at radius 1 is 1.24 bits per heavy atom. The number of nitrogens with zero attached hydrogens (tertiary/aromatic N) is 2. The van der Waals surface area contributed by atoms with Crippen molar-refractivity contribution in [2.75, 3.05) is 7.11 Å². The zero-order valence-corrected chi connectivity index (χ0v) is 11.3. The summed E-state index contributed by atoms with van der Waals surface area (Å²) >= 11 is 3.33. The highest BCUT2D eigenvalue weighted by Gasteiger charge is 2.07. The fourth-order valence-electron chi connectivity index (χ4n) is 1.43. The van der Waals surface area contributed by atoms with Gasteiger partial charge in [0, 0.05) is 12.7 Å². The monoisotopic (exact) mass is 296 g/mol. The summed E-state index contributed by atoms with van der Waals surface area (Å²) in [4.78, 5) is 4.25. The van der Waals surface area contributed by atoms with Crippen molar-refractivity contribution in [3.8, 4) is 17.5 Å². The maximum Gasteiger partial charge on any atom is 0.302 e. The fraction of sp³-hybridized carbons (Fsp3) is 0.250. The summed E-state index contributed by atoms with van der Waals surface area (Å²) in [6.45, 7) is 2.85. The predicted octanol–water partition coefficient (Wildman–Crippen LogP) is 3.47. The third-order valence-corrected chi connectivity index (χ3v) is 2.70. The van der Waals surface area contributed by atoms with Crippen LogP contribution < -0.4 is 9.47 Å². The Hall–Kier alpha value is -1.49. The third-order valence-electron chi connectivity index (χ3n) is 2.32. The highest BCUT2D eigenvalue weighted by atomic mass is 79.9. The molecule has 0 N–H and O–H groups in total. The van der Waals surface area contributed by atoms with Crippen LogP contribution in [0.2, 0.25) is 0 Å². The molecule has 1 aromatic carbocycles. The van der Waals surface area contributed by atoms with E-state index in [1.54, 1.807) is 7.11 Å². The Morgan fingerprint density at radius 2 is 1.88 bits per heavy atom. The molecule has 1 heterocycles. The van der Waals surface area contributed by atoms with Crippen LogP contribution in [-0.4, -0.2) is 16.7 Å². The first-order valence-electron chi connectivity index (χ1n) is 5.27. The van der Waals surface area contributed by atoms with Crippen LogP contribution in [0, 0.1) is 0 Å². The van der Waals surface area contributed by atoms with Crippen molar-refractivity contribution in [3.63, 3.8) is 0 Å². The molecule has 90 valence electrons. The SMILES string of the molecule is CCn1cc(Br)nc1Oc1ccc(OC)cc1. The Morgan fingerprint density at radius 3 is 2.47 bits per heavy atom. The van der Waals surface area contributed by atoms with E-state index in [0.717, 1.165) is 22.6 Å². The number of imidazole rings is 1. The second-order valence-electron chi connectivity index (χ2n) is 3.41. The lowest BCUT2D eigenvalue weighted by Crippen LogP contribution is -1.97. The summed E-state index contributed by atoms with van der Waals surface area (Å²) < 4.78 is 13.5. The Kier molecular flexibility index (Phi) is 3.68. The van der Waals surface area contributed by atoms with Crippen LogP contribution in [0.5, 0.6) is 17.5 Å². The van der Waals surface area contributed by atoms with Gasteiger partial charge in [-0.05, 0) is 47.1 Å². The number of methoxy groups -OCH3 is 1. The number of benzene rings is 1. The van der Waals surface area contributed by atoms with E-state index in [0.29, 0.717) is 6.01 Å². The summed E-state index contributed by atoms with van der Waals surface area (Å²) in [5, 5.41) is 0. The molecule has 17 heavy (non-hydrogen) atoms. The molecule has 0 saturated carbocycles.